The monoisotopic (exact) mass is 342 g/mol. The van der Waals surface area contributed by atoms with Crippen molar-refractivity contribution in [2.75, 3.05) is 5.32 Å². The van der Waals surface area contributed by atoms with Crippen LogP contribution in [0.2, 0.25) is 0 Å². The molecule has 0 aliphatic heterocycles. The van der Waals surface area contributed by atoms with E-state index in [1.54, 1.807) is 12.1 Å². The quantitative estimate of drug-likeness (QED) is 0.770. The number of aromatic nitrogens is 3. The van der Waals surface area contributed by atoms with Crippen molar-refractivity contribution >= 4 is 11.6 Å². The fourth-order valence-electron chi connectivity index (χ4n) is 2.74. The van der Waals surface area contributed by atoms with Crippen LogP contribution in [0.3, 0.4) is 0 Å². The highest BCUT2D eigenvalue weighted by Gasteiger charge is 2.19. The Morgan fingerprint density at radius 2 is 2.12 bits per heavy atom. The summed E-state index contributed by atoms with van der Waals surface area (Å²) in [4.78, 5) is 16.7. The molecule has 0 atom stereocenters. The second-order valence-corrected chi connectivity index (χ2v) is 5.83. The van der Waals surface area contributed by atoms with E-state index in [1.807, 2.05) is 31.4 Å². The van der Waals surface area contributed by atoms with Gasteiger partial charge in [0.15, 0.2) is 5.82 Å². The van der Waals surface area contributed by atoms with Gasteiger partial charge in [-0.05, 0) is 43.7 Å². The molecule has 0 aliphatic carbocycles. The summed E-state index contributed by atoms with van der Waals surface area (Å²) in [7, 11) is 0. The summed E-state index contributed by atoms with van der Waals surface area (Å²) in [6.07, 6.45) is 0.669. The average Bonchev–Trinajstić information content (AvgIpc) is 3.12. The smallest absolute Gasteiger partial charge is 0.274 e. The summed E-state index contributed by atoms with van der Waals surface area (Å²) < 4.78 is 20.4. The normalized spacial score (nSPS) is 10.9. The Morgan fingerprint density at radius 3 is 2.80 bits per heavy atom. The van der Waals surface area contributed by atoms with E-state index in [0.717, 1.165) is 17.0 Å². The van der Waals surface area contributed by atoms with E-state index in [4.69, 9.17) is 4.52 Å². The lowest BCUT2D eigenvalue weighted by molar-refractivity contribution is -0.116. The maximum atomic E-state index is 13.2. The Balaban J connectivity index is 1.86. The molecule has 2 heterocycles. The molecule has 0 saturated heterocycles. The number of carbonyl (C=O) groups excluding carboxylic acids is 1. The molecule has 130 valence electrons. The summed E-state index contributed by atoms with van der Waals surface area (Å²) in [6, 6.07) is 7.75. The Morgan fingerprint density at radius 1 is 1.32 bits per heavy atom. The van der Waals surface area contributed by atoms with Crippen LogP contribution in [0.4, 0.5) is 10.1 Å². The lowest BCUT2D eigenvalue weighted by Crippen LogP contribution is -2.20. The predicted molar refractivity (Wildman–Crippen MR) is 91.6 cm³/mol. The molecule has 1 amide bonds. The molecule has 1 aromatic carbocycles. The number of halogens is 1. The first-order chi connectivity index (χ1) is 12.0. The first kappa shape index (κ1) is 16.9. The molecule has 2 aromatic heterocycles. The second-order valence-electron chi connectivity index (χ2n) is 5.83. The highest BCUT2D eigenvalue weighted by molar-refractivity contribution is 5.91. The topological polar surface area (TPSA) is 73.0 Å². The molecule has 0 saturated carbocycles. The molecule has 3 rings (SSSR count). The van der Waals surface area contributed by atoms with Crippen molar-refractivity contribution in [1.29, 1.82) is 0 Å². The molecule has 0 fully saturated rings. The van der Waals surface area contributed by atoms with E-state index in [0.29, 0.717) is 23.8 Å². The molecular weight excluding hydrogens is 323 g/mol. The van der Waals surface area contributed by atoms with Gasteiger partial charge in [-0.3, -0.25) is 4.79 Å². The van der Waals surface area contributed by atoms with Crippen molar-refractivity contribution in [2.24, 2.45) is 0 Å². The van der Waals surface area contributed by atoms with Gasteiger partial charge in [0, 0.05) is 17.8 Å². The standard InChI is InChI=1S/C18H19FN4O2/c1-4-15-21-18(25-22-15)17-11(2)8-12(3)23(17)10-16(24)20-14-7-5-6-13(19)9-14/h5-9H,4,10H2,1-3H3,(H,20,24). The zero-order chi connectivity index (χ0) is 18.0. The van der Waals surface area contributed by atoms with Crippen molar-refractivity contribution in [1.82, 2.24) is 14.7 Å². The first-order valence-electron chi connectivity index (χ1n) is 8.03. The molecule has 0 radical (unpaired) electrons. The molecule has 0 unspecified atom stereocenters. The van der Waals surface area contributed by atoms with E-state index < -0.39 is 5.82 Å². The highest BCUT2D eigenvalue weighted by Crippen LogP contribution is 2.26. The summed E-state index contributed by atoms with van der Waals surface area (Å²) in [5, 5.41) is 6.61. The zero-order valence-electron chi connectivity index (χ0n) is 14.3. The lowest BCUT2D eigenvalue weighted by Gasteiger charge is -2.11. The number of aryl methyl sites for hydroxylation is 3. The summed E-state index contributed by atoms with van der Waals surface area (Å²) in [6.45, 7) is 5.84. The SMILES string of the molecule is CCc1noc(-c2c(C)cc(C)n2CC(=O)Nc2cccc(F)c2)n1. The Bertz CT molecular complexity index is 914. The Labute approximate surface area is 144 Å². The lowest BCUT2D eigenvalue weighted by atomic mass is 10.2. The number of amides is 1. The number of hydrogen-bond donors (Lipinski definition) is 1. The third kappa shape index (κ3) is 3.60. The molecule has 0 aliphatic rings. The van der Waals surface area contributed by atoms with E-state index in [9.17, 15) is 9.18 Å². The fraction of sp³-hybridized carbons (Fsp3) is 0.278. The van der Waals surface area contributed by atoms with Crippen LogP contribution < -0.4 is 5.32 Å². The van der Waals surface area contributed by atoms with Gasteiger partial charge >= 0.3 is 0 Å². The van der Waals surface area contributed by atoms with Crippen molar-refractivity contribution in [3.05, 3.63) is 53.2 Å². The third-order valence-electron chi connectivity index (χ3n) is 3.89. The van der Waals surface area contributed by atoms with Gasteiger partial charge in [0.25, 0.3) is 5.89 Å². The maximum Gasteiger partial charge on any atom is 0.274 e. The summed E-state index contributed by atoms with van der Waals surface area (Å²) in [5.74, 6) is 0.343. The van der Waals surface area contributed by atoms with E-state index >= 15 is 0 Å². The van der Waals surface area contributed by atoms with Gasteiger partial charge in [0.05, 0.1) is 0 Å². The number of nitrogens with zero attached hydrogens (tertiary/aromatic N) is 3. The van der Waals surface area contributed by atoms with Gasteiger partial charge in [0.1, 0.15) is 18.1 Å². The third-order valence-corrected chi connectivity index (χ3v) is 3.89. The molecule has 0 spiro atoms. The summed E-state index contributed by atoms with van der Waals surface area (Å²) in [5.41, 5.74) is 2.98. The molecule has 0 bridgehead atoms. The summed E-state index contributed by atoms with van der Waals surface area (Å²) >= 11 is 0. The number of anilines is 1. The molecule has 3 aromatic rings. The number of carbonyl (C=O) groups is 1. The van der Waals surface area contributed by atoms with Crippen molar-refractivity contribution in [3.63, 3.8) is 0 Å². The highest BCUT2D eigenvalue weighted by atomic mass is 19.1. The van der Waals surface area contributed by atoms with Crippen LogP contribution in [0.15, 0.2) is 34.9 Å². The minimum atomic E-state index is -0.399. The molecular formula is C18H19FN4O2. The van der Waals surface area contributed by atoms with Gasteiger partial charge in [-0.2, -0.15) is 4.98 Å². The first-order valence-corrected chi connectivity index (χ1v) is 8.03. The van der Waals surface area contributed by atoms with Gasteiger partial charge in [-0.15, -0.1) is 0 Å². The van der Waals surface area contributed by atoms with Crippen LogP contribution in [0.5, 0.6) is 0 Å². The molecule has 25 heavy (non-hydrogen) atoms. The Kier molecular flexibility index (Phi) is 4.65. The van der Waals surface area contributed by atoms with Crippen LogP contribution in [-0.2, 0) is 17.8 Å². The fourth-order valence-corrected chi connectivity index (χ4v) is 2.74. The number of benzene rings is 1. The molecule has 6 nitrogen and oxygen atoms in total. The van der Waals surface area contributed by atoms with Crippen LogP contribution in [0, 0.1) is 19.7 Å². The van der Waals surface area contributed by atoms with Crippen molar-refractivity contribution in [2.45, 2.75) is 33.7 Å². The number of nitrogens with one attached hydrogen (secondary N) is 1. The number of hydrogen-bond acceptors (Lipinski definition) is 4. The minimum Gasteiger partial charge on any atom is -0.332 e. The van der Waals surface area contributed by atoms with Crippen molar-refractivity contribution in [3.8, 4) is 11.6 Å². The average molecular weight is 342 g/mol. The second kappa shape index (κ2) is 6.88. The largest absolute Gasteiger partial charge is 0.332 e. The molecule has 1 N–H and O–H groups in total. The minimum absolute atomic E-state index is 0.0648. The number of rotatable bonds is 5. The van der Waals surface area contributed by atoms with Gasteiger partial charge in [-0.25, -0.2) is 4.39 Å². The van der Waals surface area contributed by atoms with Gasteiger partial charge in [0.2, 0.25) is 5.91 Å². The van der Waals surface area contributed by atoms with E-state index in [-0.39, 0.29) is 12.5 Å². The van der Waals surface area contributed by atoms with E-state index in [1.165, 1.54) is 12.1 Å². The van der Waals surface area contributed by atoms with Gasteiger partial charge in [-0.1, -0.05) is 18.1 Å². The van der Waals surface area contributed by atoms with Gasteiger partial charge < -0.3 is 14.4 Å². The van der Waals surface area contributed by atoms with Crippen LogP contribution in [0.25, 0.3) is 11.6 Å². The Hall–Kier alpha value is -2.96. The van der Waals surface area contributed by atoms with Crippen molar-refractivity contribution < 1.29 is 13.7 Å². The maximum absolute atomic E-state index is 13.2. The van der Waals surface area contributed by atoms with Crippen LogP contribution >= 0.6 is 0 Å². The predicted octanol–water partition coefficient (Wildman–Crippen LogP) is 3.50. The van der Waals surface area contributed by atoms with E-state index in [2.05, 4.69) is 15.5 Å². The van der Waals surface area contributed by atoms with Crippen LogP contribution in [0.1, 0.15) is 24.0 Å². The molecule has 7 heteroatoms. The van der Waals surface area contributed by atoms with Crippen LogP contribution in [-0.4, -0.2) is 20.6 Å². The zero-order valence-corrected chi connectivity index (χ0v) is 14.3.